The molecule has 238 valence electrons. The van der Waals surface area contributed by atoms with Gasteiger partial charge in [-0.1, -0.05) is 93.4 Å². The first-order valence-electron chi connectivity index (χ1n) is 16.6. The predicted octanol–water partition coefficient (Wildman–Crippen LogP) is 10.9. The second-order valence-electron chi connectivity index (χ2n) is 15.0. The molecule has 3 N–H and O–H groups in total. The Morgan fingerprint density at radius 1 is 0.786 bits per heavy atom. The van der Waals surface area contributed by atoms with Crippen LogP contribution in [0.25, 0.3) is 0 Å². The minimum Gasteiger partial charge on any atom is -0.508 e. The van der Waals surface area contributed by atoms with Crippen LogP contribution in [0.15, 0.2) is 24.3 Å². The van der Waals surface area contributed by atoms with Crippen molar-refractivity contribution in [1.29, 1.82) is 0 Å². The Labute approximate surface area is 257 Å². The molecule has 42 heavy (non-hydrogen) atoms. The molecule has 3 atom stereocenters. The SMILES string of the molecule is CC(C)(C)c1cc(O)ccc1O.Cc1c(O)cc2c(c1C)OC(C)(CCCC(C)CCCC(C)CCCC(C)C)CC2. The van der Waals surface area contributed by atoms with Crippen molar-refractivity contribution in [3.63, 3.8) is 0 Å². The molecule has 1 aliphatic rings. The van der Waals surface area contributed by atoms with Crippen molar-refractivity contribution in [1.82, 2.24) is 0 Å². The van der Waals surface area contributed by atoms with Gasteiger partial charge in [0.2, 0.25) is 0 Å². The third kappa shape index (κ3) is 11.4. The molecule has 0 aliphatic carbocycles. The van der Waals surface area contributed by atoms with Crippen molar-refractivity contribution in [3.05, 3.63) is 46.5 Å². The second-order valence-corrected chi connectivity index (χ2v) is 15.0. The van der Waals surface area contributed by atoms with E-state index in [4.69, 9.17) is 4.74 Å². The Morgan fingerprint density at radius 3 is 1.90 bits per heavy atom. The van der Waals surface area contributed by atoms with Gasteiger partial charge < -0.3 is 20.1 Å². The number of phenolic OH excluding ortho intramolecular Hbond substituents is 3. The highest BCUT2D eigenvalue weighted by Gasteiger charge is 2.33. The third-order valence-electron chi connectivity index (χ3n) is 9.22. The van der Waals surface area contributed by atoms with Crippen molar-refractivity contribution in [3.8, 4) is 23.0 Å². The number of aromatic hydroxyl groups is 3. The van der Waals surface area contributed by atoms with Gasteiger partial charge in [-0.25, -0.2) is 0 Å². The summed E-state index contributed by atoms with van der Waals surface area (Å²) in [7, 11) is 0. The van der Waals surface area contributed by atoms with E-state index in [1.807, 2.05) is 33.8 Å². The average Bonchev–Trinajstić information content (AvgIpc) is 2.89. The summed E-state index contributed by atoms with van der Waals surface area (Å²) in [6.07, 6.45) is 14.1. The van der Waals surface area contributed by atoms with Crippen molar-refractivity contribution in [2.45, 2.75) is 151 Å². The predicted molar refractivity (Wildman–Crippen MR) is 178 cm³/mol. The summed E-state index contributed by atoms with van der Waals surface area (Å²) in [6, 6.07) is 6.49. The number of hydrogen-bond donors (Lipinski definition) is 3. The van der Waals surface area contributed by atoms with Gasteiger partial charge in [0.25, 0.3) is 0 Å². The average molecular weight is 583 g/mol. The summed E-state index contributed by atoms with van der Waals surface area (Å²) in [5.74, 6) is 4.41. The van der Waals surface area contributed by atoms with Crippen molar-refractivity contribution < 1.29 is 20.1 Å². The van der Waals surface area contributed by atoms with Gasteiger partial charge >= 0.3 is 0 Å². The molecule has 0 fully saturated rings. The molecule has 0 radical (unpaired) electrons. The molecule has 0 amide bonds. The number of benzene rings is 2. The summed E-state index contributed by atoms with van der Waals surface area (Å²) in [5, 5.41) is 28.8. The number of phenols is 3. The van der Waals surface area contributed by atoms with Crippen LogP contribution in [0.1, 0.15) is 142 Å². The van der Waals surface area contributed by atoms with Crippen LogP contribution in [0.2, 0.25) is 0 Å². The van der Waals surface area contributed by atoms with Gasteiger partial charge in [-0.05, 0) is 111 Å². The molecular weight excluding hydrogens is 520 g/mol. The Balaban J connectivity index is 0.000000428. The van der Waals surface area contributed by atoms with E-state index in [1.165, 1.54) is 69.1 Å². The van der Waals surface area contributed by atoms with E-state index < -0.39 is 0 Å². The molecule has 1 aliphatic heterocycles. The summed E-state index contributed by atoms with van der Waals surface area (Å²) in [4.78, 5) is 0. The Kier molecular flexibility index (Phi) is 13.6. The maximum Gasteiger partial charge on any atom is 0.126 e. The first kappa shape index (κ1) is 35.8. The van der Waals surface area contributed by atoms with E-state index in [9.17, 15) is 15.3 Å². The number of fused-ring (bicyclic) bond motifs is 1. The first-order valence-corrected chi connectivity index (χ1v) is 16.6. The molecule has 0 saturated carbocycles. The van der Waals surface area contributed by atoms with E-state index in [0.29, 0.717) is 5.75 Å². The largest absolute Gasteiger partial charge is 0.508 e. The minimum atomic E-state index is -0.136. The quantitative estimate of drug-likeness (QED) is 0.218. The fourth-order valence-corrected chi connectivity index (χ4v) is 6.07. The highest BCUT2D eigenvalue weighted by molar-refractivity contribution is 5.53. The lowest BCUT2D eigenvalue weighted by Gasteiger charge is -2.37. The highest BCUT2D eigenvalue weighted by Crippen LogP contribution is 2.42. The highest BCUT2D eigenvalue weighted by atomic mass is 16.5. The molecule has 0 aromatic heterocycles. The number of aryl methyl sites for hydroxylation is 1. The normalized spacial score (nSPS) is 18.1. The Hall–Kier alpha value is -2.36. The zero-order valence-electron chi connectivity index (χ0n) is 28.6. The van der Waals surface area contributed by atoms with Gasteiger partial charge in [0.1, 0.15) is 28.6 Å². The molecule has 2 aromatic rings. The fourth-order valence-electron chi connectivity index (χ4n) is 6.07. The van der Waals surface area contributed by atoms with Crippen LogP contribution in [-0.2, 0) is 11.8 Å². The molecule has 0 spiro atoms. The van der Waals surface area contributed by atoms with Crippen LogP contribution in [0.5, 0.6) is 23.0 Å². The summed E-state index contributed by atoms with van der Waals surface area (Å²) < 4.78 is 6.52. The minimum absolute atomic E-state index is 0.0637. The van der Waals surface area contributed by atoms with Crippen LogP contribution >= 0.6 is 0 Å². The van der Waals surface area contributed by atoms with E-state index in [-0.39, 0.29) is 22.5 Å². The lowest BCUT2D eigenvalue weighted by molar-refractivity contribution is 0.0514. The Bertz CT molecular complexity index is 1110. The molecule has 1 heterocycles. The van der Waals surface area contributed by atoms with E-state index >= 15 is 0 Å². The lowest BCUT2D eigenvalue weighted by Crippen LogP contribution is -2.36. The molecule has 4 heteroatoms. The van der Waals surface area contributed by atoms with Crippen LogP contribution in [0.3, 0.4) is 0 Å². The van der Waals surface area contributed by atoms with Crippen molar-refractivity contribution in [2.24, 2.45) is 17.8 Å². The smallest absolute Gasteiger partial charge is 0.126 e. The maximum absolute atomic E-state index is 10.1. The van der Waals surface area contributed by atoms with E-state index in [1.54, 1.807) is 6.07 Å². The molecule has 0 bridgehead atoms. The lowest BCUT2D eigenvalue weighted by atomic mass is 9.85. The second kappa shape index (κ2) is 15.9. The topological polar surface area (TPSA) is 69.9 Å². The van der Waals surface area contributed by atoms with Gasteiger partial charge in [-0.3, -0.25) is 0 Å². The molecule has 3 unspecified atom stereocenters. The number of hydrogen-bond acceptors (Lipinski definition) is 4. The van der Waals surface area contributed by atoms with Crippen LogP contribution in [0, 0.1) is 31.6 Å². The van der Waals surface area contributed by atoms with Crippen LogP contribution < -0.4 is 4.74 Å². The molecule has 2 aromatic carbocycles. The zero-order valence-corrected chi connectivity index (χ0v) is 28.6. The van der Waals surface area contributed by atoms with E-state index in [2.05, 4.69) is 41.5 Å². The Morgan fingerprint density at radius 2 is 1.36 bits per heavy atom. The van der Waals surface area contributed by atoms with Crippen molar-refractivity contribution in [2.75, 3.05) is 0 Å². The number of ether oxygens (including phenoxy) is 1. The molecule has 4 nitrogen and oxygen atoms in total. The van der Waals surface area contributed by atoms with Gasteiger partial charge in [0.05, 0.1) is 0 Å². The monoisotopic (exact) mass is 582 g/mol. The molecule has 3 rings (SSSR count). The summed E-state index contributed by atoms with van der Waals surface area (Å²) >= 11 is 0. The van der Waals surface area contributed by atoms with Gasteiger partial charge in [0.15, 0.2) is 0 Å². The third-order valence-corrected chi connectivity index (χ3v) is 9.22. The molecule has 0 saturated heterocycles. The summed E-state index contributed by atoms with van der Waals surface area (Å²) in [5.41, 5.74) is 3.79. The molecular formula is C38H62O4. The van der Waals surface area contributed by atoms with Crippen LogP contribution in [0.4, 0.5) is 0 Å². The van der Waals surface area contributed by atoms with Gasteiger partial charge in [-0.15, -0.1) is 0 Å². The fraction of sp³-hybridized carbons (Fsp3) is 0.684. The van der Waals surface area contributed by atoms with Crippen molar-refractivity contribution >= 4 is 0 Å². The first-order chi connectivity index (χ1) is 19.5. The summed E-state index contributed by atoms with van der Waals surface area (Å²) in [6.45, 7) is 21.8. The standard InChI is InChI=1S/C28H48O2.C10H14O2/c1-20(2)11-8-12-21(3)13-9-14-22(4)15-10-17-28(7)18-16-25-19-26(29)23(5)24(6)27(25)30-28;1-10(2,3)8-6-7(11)4-5-9(8)12/h19-22,29H,8-18H2,1-7H3;4-6,11-12H,1-3H3. The van der Waals surface area contributed by atoms with Gasteiger partial charge in [0, 0.05) is 5.56 Å². The maximum atomic E-state index is 10.1. The van der Waals surface area contributed by atoms with Crippen LogP contribution in [-0.4, -0.2) is 20.9 Å². The van der Waals surface area contributed by atoms with E-state index in [0.717, 1.165) is 59.5 Å². The number of rotatable bonds is 12. The van der Waals surface area contributed by atoms with Gasteiger partial charge in [-0.2, -0.15) is 0 Å². The zero-order chi connectivity index (χ0) is 31.7.